The number of carbonyl (C=O) groups is 2. The van der Waals surface area contributed by atoms with E-state index in [0.717, 1.165) is 19.2 Å². The molecule has 1 amide bonds. The summed E-state index contributed by atoms with van der Waals surface area (Å²) in [6, 6.07) is 2.16. The van der Waals surface area contributed by atoms with Crippen molar-refractivity contribution in [2.75, 3.05) is 12.9 Å². The molecule has 9 heteroatoms. The van der Waals surface area contributed by atoms with Gasteiger partial charge in [-0.05, 0) is 12.1 Å². The smallest absolute Gasteiger partial charge is 0.339 e. The van der Waals surface area contributed by atoms with Crippen molar-refractivity contribution in [2.45, 2.75) is 11.8 Å². The summed E-state index contributed by atoms with van der Waals surface area (Å²) in [4.78, 5) is 21.8. The molecule has 0 aliphatic carbocycles. The number of halogens is 1. The van der Waals surface area contributed by atoms with Crippen LogP contribution in [0.25, 0.3) is 0 Å². The molecular formula is C12H14ClNO6S. The number of rotatable bonds is 6. The molecule has 0 bridgehead atoms. The number of aromatic carboxylic acids is 1. The van der Waals surface area contributed by atoms with E-state index >= 15 is 0 Å². The average Bonchev–Trinajstić information content (AvgIpc) is 2.36. The van der Waals surface area contributed by atoms with Crippen molar-refractivity contribution in [3.8, 4) is 5.75 Å². The highest BCUT2D eigenvalue weighted by molar-refractivity contribution is 7.91. The lowest BCUT2D eigenvalue weighted by Gasteiger charge is -2.14. The zero-order chi connectivity index (χ0) is 16.4. The highest BCUT2D eigenvalue weighted by Gasteiger charge is 2.28. The van der Waals surface area contributed by atoms with E-state index in [4.69, 9.17) is 27.2 Å². The van der Waals surface area contributed by atoms with Crippen LogP contribution in [0.5, 0.6) is 5.75 Å². The van der Waals surface area contributed by atoms with E-state index in [1.807, 2.05) is 0 Å². The Kier molecular flexibility index (Phi) is 5.19. The molecule has 0 heterocycles. The first-order valence-corrected chi connectivity index (χ1v) is 7.76. The molecule has 0 spiro atoms. The average molecular weight is 336 g/mol. The van der Waals surface area contributed by atoms with Crippen LogP contribution in [0.4, 0.5) is 0 Å². The van der Waals surface area contributed by atoms with Gasteiger partial charge in [-0.3, -0.25) is 4.79 Å². The fraction of sp³-hybridized carbons (Fsp3) is 0.333. The Hall–Kier alpha value is -1.80. The highest BCUT2D eigenvalue weighted by Crippen LogP contribution is 2.33. The molecule has 1 atom stereocenters. The van der Waals surface area contributed by atoms with Crippen LogP contribution in [0.15, 0.2) is 17.0 Å². The van der Waals surface area contributed by atoms with Crippen molar-refractivity contribution in [1.82, 2.24) is 0 Å². The van der Waals surface area contributed by atoms with Gasteiger partial charge in [-0.1, -0.05) is 18.5 Å². The van der Waals surface area contributed by atoms with E-state index in [2.05, 4.69) is 0 Å². The summed E-state index contributed by atoms with van der Waals surface area (Å²) < 4.78 is 29.5. The minimum absolute atomic E-state index is 0.0708. The Balaban J connectivity index is 3.48. The van der Waals surface area contributed by atoms with Gasteiger partial charge in [0.25, 0.3) is 0 Å². The van der Waals surface area contributed by atoms with Crippen LogP contribution in [0.2, 0.25) is 5.02 Å². The molecule has 0 aliphatic heterocycles. The normalized spacial score (nSPS) is 12.7. The SMILES string of the molecule is COc1c(C(=O)O)cc(Cl)cc1S(=O)(=O)CC(C)C(N)=O. The number of primary amides is 1. The Morgan fingerprint density at radius 1 is 1.43 bits per heavy atom. The first kappa shape index (κ1) is 17.3. The monoisotopic (exact) mass is 335 g/mol. The number of carboxylic acids is 1. The number of nitrogens with two attached hydrogens (primary N) is 1. The first-order chi connectivity index (χ1) is 9.60. The highest BCUT2D eigenvalue weighted by atomic mass is 35.5. The zero-order valence-corrected chi connectivity index (χ0v) is 12.9. The number of benzene rings is 1. The fourth-order valence-electron chi connectivity index (χ4n) is 1.67. The molecule has 116 valence electrons. The van der Waals surface area contributed by atoms with Crippen LogP contribution in [-0.2, 0) is 14.6 Å². The van der Waals surface area contributed by atoms with Crippen LogP contribution in [0.1, 0.15) is 17.3 Å². The molecule has 0 fully saturated rings. The number of carbonyl (C=O) groups excluding carboxylic acids is 1. The molecule has 21 heavy (non-hydrogen) atoms. The van der Waals surface area contributed by atoms with E-state index in [9.17, 15) is 18.0 Å². The summed E-state index contributed by atoms with van der Waals surface area (Å²) in [6.07, 6.45) is 0. The van der Waals surface area contributed by atoms with Crippen molar-refractivity contribution in [3.05, 3.63) is 22.7 Å². The number of hydrogen-bond donors (Lipinski definition) is 2. The molecule has 0 aliphatic rings. The lowest BCUT2D eigenvalue weighted by molar-refractivity contribution is -0.120. The van der Waals surface area contributed by atoms with Gasteiger partial charge in [0.2, 0.25) is 5.91 Å². The van der Waals surface area contributed by atoms with Crippen LogP contribution in [0.3, 0.4) is 0 Å². The van der Waals surface area contributed by atoms with Gasteiger partial charge in [-0.15, -0.1) is 0 Å². The molecule has 0 radical (unpaired) electrons. The van der Waals surface area contributed by atoms with Crippen LogP contribution >= 0.6 is 11.6 Å². The predicted octanol–water partition coefficient (Wildman–Crippen LogP) is 0.942. The molecule has 0 saturated heterocycles. The number of ether oxygens (including phenoxy) is 1. The minimum Gasteiger partial charge on any atom is -0.494 e. The second kappa shape index (κ2) is 6.31. The topological polar surface area (TPSA) is 124 Å². The van der Waals surface area contributed by atoms with Crippen LogP contribution in [0, 0.1) is 5.92 Å². The van der Waals surface area contributed by atoms with Gasteiger partial charge in [-0.25, -0.2) is 13.2 Å². The third-order valence-corrected chi connectivity index (χ3v) is 4.87. The molecule has 1 rings (SSSR count). The largest absolute Gasteiger partial charge is 0.494 e. The zero-order valence-electron chi connectivity index (χ0n) is 11.3. The Morgan fingerprint density at radius 3 is 2.43 bits per heavy atom. The van der Waals surface area contributed by atoms with E-state index in [1.54, 1.807) is 0 Å². The standard InChI is InChI=1S/C12H14ClNO6S/c1-6(11(14)15)5-21(18,19)9-4-7(13)3-8(12(16)17)10(9)20-2/h3-4,6H,5H2,1-2H3,(H2,14,15)(H,16,17). The first-order valence-electron chi connectivity index (χ1n) is 5.73. The summed E-state index contributed by atoms with van der Waals surface area (Å²) in [6.45, 7) is 1.36. The Labute approximate surface area is 126 Å². The minimum atomic E-state index is -4.00. The van der Waals surface area contributed by atoms with E-state index in [-0.39, 0.29) is 21.2 Å². The second-order valence-electron chi connectivity index (χ2n) is 4.37. The number of carboxylic acid groups (broad SMARTS) is 1. The molecule has 1 aromatic carbocycles. The lowest BCUT2D eigenvalue weighted by atomic mass is 10.2. The number of methoxy groups -OCH3 is 1. The predicted molar refractivity (Wildman–Crippen MR) is 75.4 cm³/mol. The van der Waals surface area contributed by atoms with Crippen molar-refractivity contribution in [2.24, 2.45) is 11.7 Å². The number of hydrogen-bond acceptors (Lipinski definition) is 5. The third kappa shape index (κ3) is 3.85. The molecular weight excluding hydrogens is 322 g/mol. The lowest BCUT2D eigenvalue weighted by Crippen LogP contribution is -2.27. The van der Waals surface area contributed by atoms with Gasteiger partial charge in [0.15, 0.2) is 15.6 Å². The maximum absolute atomic E-state index is 12.3. The fourth-order valence-corrected chi connectivity index (χ4v) is 3.74. The molecule has 3 N–H and O–H groups in total. The molecule has 7 nitrogen and oxygen atoms in total. The molecule has 1 unspecified atom stereocenters. The van der Waals surface area contributed by atoms with Gasteiger partial charge in [0, 0.05) is 10.9 Å². The Morgan fingerprint density at radius 2 is 2.00 bits per heavy atom. The van der Waals surface area contributed by atoms with Crippen LogP contribution < -0.4 is 10.5 Å². The second-order valence-corrected chi connectivity index (χ2v) is 6.81. The summed E-state index contributed by atoms with van der Waals surface area (Å²) in [7, 11) is -2.85. The van der Waals surface area contributed by atoms with Gasteiger partial charge in [0.05, 0.1) is 12.9 Å². The molecule has 0 saturated carbocycles. The maximum Gasteiger partial charge on any atom is 0.339 e. The van der Waals surface area contributed by atoms with E-state index in [0.29, 0.717) is 0 Å². The summed E-state index contributed by atoms with van der Waals surface area (Å²) in [5, 5.41) is 9.00. The van der Waals surface area contributed by atoms with Crippen molar-refractivity contribution in [1.29, 1.82) is 0 Å². The molecule has 0 aromatic heterocycles. The Bertz CT molecular complexity index is 685. The summed E-state index contributed by atoms with van der Waals surface area (Å²) in [5.74, 6) is -4.00. The quantitative estimate of drug-likeness (QED) is 0.797. The van der Waals surface area contributed by atoms with Crippen molar-refractivity contribution in [3.63, 3.8) is 0 Å². The van der Waals surface area contributed by atoms with Gasteiger partial charge in [0.1, 0.15) is 10.5 Å². The number of sulfone groups is 1. The van der Waals surface area contributed by atoms with Gasteiger partial charge >= 0.3 is 5.97 Å². The summed E-state index contributed by atoms with van der Waals surface area (Å²) >= 11 is 5.75. The van der Waals surface area contributed by atoms with E-state index in [1.165, 1.54) is 6.92 Å². The van der Waals surface area contributed by atoms with Crippen molar-refractivity contribution >= 4 is 33.3 Å². The third-order valence-electron chi connectivity index (χ3n) is 2.74. The van der Waals surface area contributed by atoms with Gasteiger partial charge in [-0.2, -0.15) is 0 Å². The summed E-state index contributed by atoms with van der Waals surface area (Å²) in [5.41, 5.74) is 4.67. The van der Waals surface area contributed by atoms with Crippen molar-refractivity contribution < 1.29 is 27.9 Å². The molecule has 1 aromatic rings. The maximum atomic E-state index is 12.3. The van der Waals surface area contributed by atoms with Crippen LogP contribution in [-0.4, -0.2) is 38.3 Å². The van der Waals surface area contributed by atoms with Gasteiger partial charge < -0.3 is 15.6 Å². The number of amides is 1. The van der Waals surface area contributed by atoms with E-state index < -0.39 is 33.4 Å².